The second-order valence-corrected chi connectivity index (χ2v) is 10.5. The van der Waals surface area contributed by atoms with Gasteiger partial charge in [-0.25, -0.2) is 0 Å². The van der Waals surface area contributed by atoms with Crippen molar-refractivity contribution in [3.63, 3.8) is 0 Å². The Bertz CT molecular complexity index is 1750. The Morgan fingerprint density at radius 1 is 0.641 bits per heavy atom. The number of aromatic hydroxyl groups is 1. The molecule has 0 aliphatic carbocycles. The SMILES string of the molecule is COc1cccc(-c2cc(-c3ccc(-c4c(Cc5ccccc5)sc5ccccc45)cc3)ccc2O)c1OC. The van der Waals surface area contributed by atoms with Crippen LogP contribution in [0.2, 0.25) is 0 Å². The van der Waals surface area contributed by atoms with Gasteiger partial charge in [-0.2, -0.15) is 0 Å². The normalized spacial score (nSPS) is 11.0. The Hall–Kier alpha value is -4.54. The number of phenolic OH excluding ortho intramolecular Hbond substituents is 1. The lowest BCUT2D eigenvalue weighted by Crippen LogP contribution is -1.93. The smallest absolute Gasteiger partial charge is 0.168 e. The van der Waals surface area contributed by atoms with E-state index in [-0.39, 0.29) is 5.75 Å². The van der Waals surface area contributed by atoms with E-state index in [1.54, 1.807) is 20.3 Å². The van der Waals surface area contributed by atoms with Crippen LogP contribution >= 0.6 is 11.3 Å². The summed E-state index contributed by atoms with van der Waals surface area (Å²) in [5, 5.41) is 12.0. The van der Waals surface area contributed by atoms with Gasteiger partial charge in [0.1, 0.15) is 5.75 Å². The van der Waals surface area contributed by atoms with Crippen LogP contribution in [-0.2, 0) is 6.42 Å². The summed E-state index contributed by atoms with van der Waals surface area (Å²) in [7, 11) is 3.22. The highest BCUT2D eigenvalue weighted by Gasteiger charge is 2.17. The monoisotopic (exact) mass is 528 g/mol. The average molecular weight is 529 g/mol. The number of para-hydroxylation sites is 1. The van der Waals surface area contributed by atoms with Crippen molar-refractivity contribution in [2.75, 3.05) is 14.2 Å². The van der Waals surface area contributed by atoms with Crippen molar-refractivity contribution in [2.24, 2.45) is 0 Å². The number of hydrogen-bond acceptors (Lipinski definition) is 4. The predicted octanol–water partition coefficient (Wildman–Crippen LogP) is 9.22. The fourth-order valence-electron chi connectivity index (χ4n) is 5.18. The standard InChI is InChI=1S/C35H28O3S/c1-37-31-13-8-12-27(35(31)38-2)29-22-26(19-20-30(29)36)24-15-17-25(18-16-24)34-28-11-6-7-14-32(28)39-33(34)21-23-9-4-3-5-10-23/h3-20,22,36H,21H2,1-2H3. The van der Waals surface area contributed by atoms with E-state index in [0.717, 1.165) is 23.1 Å². The van der Waals surface area contributed by atoms with E-state index in [1.807, 2.05) is 41.7 Å². The van der Waals surface area contributed by atoms with Gasteiger partial charge in [-0.3, -0.25) is 0 Å². The highest BCUT2D eigenvalue weighted by atomic mass is 32.1. The number of thiophene rings is 1. The number of fused-ring (bicyclic) bond motifs is 1. The van der Waals surface area contributed by atoms with E-state index in [2.05, 4.69) is 78.9 Å². The van der Waals surface area contributed by atoms with Crippen LogP contribution in [0.5, 0.6) is 17.2 Å². The van der Waals surface area contributed by atoms with Crippen molar-refractivity contribution in [1.82, 2.24) is 0 Å². The third-order valence-electron chi connectivity index (χ3n) is 7.07. The molecule has 0 saturated carbocycles. The van der Waals surface area contributed by atoms with Crippen molar-refractivity contribution in [3.05, 3.63) is 126 Å². The zero-order valence-electron chi connectivity index (χ0n) is 21.8. The summed E-state index contributed by atoms with van der Waals surface area (Å²) in [5.74, 6) is 1.41. The molecule has 0 atom stereocenters. The van der Waals surface area contributed by atoms with E-state index < -0.39 is 0 Å². The molecule has 0 spiro atoms. The van der Waals surface area contributed by atoms with Crippen molar-refractivity contribution in [2.45, 2.75) is 6.42 Å². The average Bonchev–Trinajstić information content (AvgIpc) is 3.35. The Balaban J connectivity index is 1.40. The number of ether oxygens (including phenoxy) is 2. The molecule has 192 valence electrons. The lowest BCUT2D eigenvalue weighted by Gasteiger charge is -2.15. The van der Waals surface area contributed by atoms with Crippen LogP contribution < -0.4 is 9.47 Å². The van der Waals surface area contributed by atoms with Crippen LogP contribution in [-0.4, -0.2) is 19.3 Å². The number of phenols is 1. The number of benzene rings is 5. The zero-order valence-corrected chi connectivity index (χ0v) is 22.7. The second kappa shape index (κ2) is 10.7. The van der Waals surface area contributed by atoms with Gasteiger partial charge < -0.3 is 14.6 Å². The van der Waals surface area contributed by atoms with Crippen LogP contribution in [0.1, 0.15) is 10.4 Å². The number of rotatable bonds is 7. The van der Waals surface area contributed by atoms with Gasteiger partial charge in [0.2, 0.25) is 0 Å². The molecule has 0 unspecified atom stereocenters. The molecule has 0 fully saturated rings. The molecular weight excluding hydrogens is 500 g/mol. The molecule has 1 N–H and O–H groups in total. The van der Waals surface area contributed by atoms with Crippen LogP contribution in [0, 0.1) is 0 Å². The largest absolute Gasteiger partial charge is 0.507 e. The summed E-state index contributed by atoms with van der Waals surface area (Å²) < 4.78 is 12.4. The molecule has 0 amide bonds. The third-order valence-corrected chi connectivity index (χ3v) is 8.24. The first-order chi connectivity index (χ1) is 19.2. The molecule has 6 aromatic rings. The molecule has 1 aromatic heterocycles. The maximum atomic E-state index is 10.7. The van der Waals surface area contributed by atoms with Crippen LogP contribution in [0.15, 0.2) is 115 Å². The Morgan fingerprint density at radius 2 is 1.36 bits per heavy atom. The molecule has 0 bridgehead atoms. The summed E-state index contributed by atoms with van der Waals surface area (Å²) in [6.45, 7) is 0. The Morgan fingerprint density at radius 3 is 2.13 bits per heavy atom. The van der Waals surface area contributed by atoms with Gasteiger partial charge in [-0.05, 0) is 46.5 Å². The summed E-state index contributed by atoms with van der Waals surface area (Å²) in [5.41, 5.74) is 7.38. The maximum Gasteiger partial charge on any atom is 0.168 e. The summed E-state index contributed by atoms with van der Waals surface area (Å²) in [6.07, 6.45) is 0.904. The molecule has 0 aliphatic heterocycles. The lowest BCUT2D eigenvalue weighted by molar-refractivity contribution is 0.356. The predicted molar refractivity (Wildman–Crippen MR) is 162 cm³/mol. The molecule has 3 nitrogen and oxygen atoms in total. The quantitative estimate of drug-likeness (QED) is 0.224. The topological polar surface area (TPSA) is 38.7 Å². The first kappa shape index (κ1) is 24.8. The number of methoxy groups -OCH3 is 2. The molecule has 0 saturated heterocycles. The Labute approximate surface area is 232 Å². The van der Waals surface area contributed by atoms with Gasteiger partial charge in [0.25, 0.3) is 0 Å². The van der Waals surface area contributed by atoms with E-state index >= 15 is 0 Å². The Kier molecular flexibility index (Phi) is 6.78. The minimum absolute atomic E-state index is 0.192. The van der Waals surface area contributed by atoms with Gasteiger partial charge in [-0.1, -0.05) is 91.0 Å². The highest BCUT2D eigenvalue weighted by molar-refractivity contribution is 7.19. The van der Waals surface area contributed by atoms with E-state index in [1.165, 1.54) is 31.7 Å². The number of hydrogen-bond donors (Lipinski definition) is 1. The molecular formula is C35H28O3S. The highest BCUT2D eigenvalue weighted by Crippen LogP contribution is 2.44. The van der Waals surface area contributed by atoms with Crippen molar-refractivity contribution < 1.29 is 14.6 Å². The minimum Gasteiger partial charge on any atom is -0.507 e. The van der Waals surface area contributed by atoms with Gasteiger partial charge in [0.05, 0.1) is 14.2 Å². The maximum absolute atomic E-state index is 10.7. The molecule has 39 heavy (non-hydrogen) atoms. The van der Waals surface area contributed by atoms with Crippen LogP contribution in [0.3, 0.4) is 0 Å². The fraction of sp³-hybridized carbons (Fsp3) is 0.0857. The molecule has 1 heterocycles. The van der Waals surface area contributed by atoms with Gasteiger partial charge in [-0.15, -0.1) is 11.3 Å². The first-order valence-corrected chi connectivity index (χ1v) is 13.7. The van der Waals surface area contributed by atoms with Crippen LogP contribution in [0.4, 0.5) is 0 Å². The molecule has 6 rings (SSSR count). The minimum atomic E-state index is 0.192. The van der Waals surface area contributed by atoms with Crippen molar-refractivity contribution in [3.8, 4) is 50.6 Å². The van der Waals surface area contributed by atoms with Gasteiger partial charge in [0, 0.05) is 38.1 Å². The van der Waals surface area contributed by atoms with Gasteiger partial charge in [0.15, 0.2) is 11.5 Å². The fourth-order valence-corrected chi connectivity index (χ4v) is 6.44. The molecule has 0 aliphatic rings. The molecule has 4 heteroatoms. The summed E-state index contributed by atoms with van der Waals surface area (Å²) in [4.78, 5) is 1.37. The molecule has 0 radical (unpaired) electrons. The summed E-state index contributed by atoms with van der Waals surface area (Å²) >= 11 is 1.87. The van der Waals surface area contributed by atoms with Crippen molar-refractivity contribution in [1.29, 1.82) is 0 Å². The van der Waals surface area contributed by atoms with Crippen molar-refractivity contribution >= 4 is 21.4 Å². The third kappa shape index (κ3) is 4.75. The van der Waals surface area contributed by atoms with E-state index in [4.69, 9.17) is 9.47 Å². The zero-order chi connectivity index (χ0) is 26.8. The summed E-state index contributed by atoms with van der Waals surface area (Å²) in [6, 6.07) is 39.4. The first-order valence-electron chi connectivity index (χ1n) is 12.9. The second-order valence-electron chi connectivity index (χ2n) is 9.41. The van der Waals surface area contributed by atoms with E-state index in [0.29, 0.717) is 17.1 Å². The molecule has 5 aromatic carbocycles. The van der Waals surface area contributed by atoms with E-state index in [9.17, 15) is 5.11 Å². The lowest BCUT2D eigenvalue weighted by atomic mass is 9.94. The van der Waals surface area contributed by atoms with Crippen LogP contribution in [0.25, 0.3) is 43.5 Å². The van der Waals surface area contributed by atoms with Gasteiger partial charge >= 0.3 is 0 Å².